The lowest BCUT2D eigenvalue weighted by Gasteiger charge is -2.25. The molecule has 0 aliphatic heterocycles. The Kier molecular flexibility index (Phi) is 5.90. The van der Waals surface area contributed by atoms with Crippen molar-refractivity contribution in [2.24, 2.45) is 5.73 Å². The van der Waals surface area contributed by atoms with Crippen molar-refractivity contribution in [3.8, 4) is 0 Å². The highest BCUT2D eigenvalue weighted by Crippen LogP contribution is 2.14. The van der Waals surface area contributed by atoms with Crippen molar-refractivity contribution in [3.05, 3.63) is 30.3 Å². The van der Waals surface area contributed by atoms with Gasteiger partial charge in [0.1, 0.15) is 0 Å². The van der Waals surface area contributed by atoms with Crippen molar-refractivity contribution in [2.75, 3.05) is 24.5 Å². The summed E-state index contributed by atoms with van der Waals surface area (Å²) in [7, 11) is 0. The standard InChI is InChI=1S/C13H22N2O/c1-12(16)8-11-15(10-5-9-14)13-6-3-2-4-7-13/h2-4,6-7,12,16H,5,8-11,14H2,1H3. The Hall–Kier alpha value is -1.06. The molecule has 3 heteroatoms. The molecule has 0 aromatic heterocycles. The maximum absolute atomic E-state index is 9.32. The summed E-state index contributed by atoms with van der Waals surface area (Å²) in [5.74, 6) is 0. The summed E-state index contributed by atoms with van der Waals surface area (Å²) < 4.78 is 0. The van der Waals surface area contributed by atoms with Gasteiger partial charge >= 0.3 is 0 Å². The summed E-state index contributed by atoms with van der Waals surface area (Å²) >= 11 is 0. The van der Waals surface area contributed by atoms with Crippen LogP contribution >= 0.6 is 0 Å². The molecule has 0 radical (unpaired) electrons. The van der Waals surface area contributed by atoms with E-state index in [-0.39, 0.29) is 6.10 Å². The van der Waals surface area contributed by atoms with E-state index in [1.165, 1.54) is 5.69 Å². The average Bonchev–Trinajstić information content (AvgIpc) is 2.30. The van der Waals surface area contributed by atoms with Gasteiger partial charge < -0.3 is 15.7 Å². The van der Waals surface area contributed by atoms with Crippen LogP contribution in [-0.4, -0.2) is 30.8 Å². The van der Waals surface area contributed by atoms with Crippen molar-refractivity contribution in [1.29, 1.82) is 0 Å². The highest BCUT2D eigenvalue weighted by molar-refractivity contribution is 5.45. The topological polar surface area (TPSA) is 49.5 Å². The second-order valence-electron chi connectivity index (χ2n) is 4.10. The Morgan fingerprint density at radius 3 is 2.50 bits per heavy atom. The zero-order valence-electron chi connectivity index (χ0n) is 9.97. The van der Waals surface area contributed by atoms with Crippen molar-refractivity contribution in [1.82, 2.24) is 0 Å². The number of benzene rings is 1. The number of anilines is 1. The molecular formula is C13H22N2O. The second-order valence-corrected chi connectivity index (χ2v) is 4.10. The molecule has 0 amide bonds. The monoisotopic (exact) mass is 222 g/mol. The molecule has 0 fully saturated rings. The molecule has 1 atom stereocenters. The minimum atomic E-state index is -0.246. The molecule has 1 rings (SSSR count). The smallest absolute Gasteiger partial charge is 0.0528 e. The number of para-hydroxylation sites is 1. The molecule has 3 N–H and O–H groups in total. The number of nitrogens with two attached hydrogens (primary N) is 1. The van der Waals surface area contributed by atoms with Gasteiger partial charge in [-0.1, -0.05) is 18.2 Å². The van der Waals surface area contributed by atoms with Gasteiger partial charge in [0.25, 0.3) is 0 Å². The highest BCUT2D eigenvalue weighted by atomic mass is 16.3. The van der Waals surface area contributed by atoms with Crippen LogP contribution in [-0.2, 0) is 0 Å². The van der Waals surface area contributed by atoms with Crippen molar-refractivity contribution < 1.29 is 5.11 Å². The quantitative estimate of drug-likeness (QED) is 0.737. The molecule has 90 valence electrons. The number of nitrogens with zero attached hydrogens (tertiary/aromatic N) is 1. The minimum absolute atomic E-state index is 0.246. The lowest BCUT2D eigenvalue weighted by molar-refractivity contribution is 0.186. The van der Waals surface area contributed by atoms with E-state index >= 15 is 0 Å². The molecule has 0 aliphatic rings. The number of hydrogen-bond donors (Lipinski definition) is 2. The third kappa shape index (κ3) is 4.64. The van der Waals surface area contributed by atoms with Crippen molar-refractivity contribution >= 4 is 5.69 Å². The van der Waals surface area contributed by atoms with Crippen LogP contribution in [0.4, 0.5) is 5.69 Å². The minimum Gasteiger partial charge on any atom is -0.393 e. The molecular weight excluding hydrogens is 200 g/mol. The zero-order valence-corrected chi connectivity index (χ0v) is 9.97. The van der Waals surface area contributed by atoms with Crippen LogP contribution < -0.4 is 10.6 Å². The lowest BCUT2D eigenvalue weighted by atomic mass is 10.2. The Balaban J connectivity index is 2.56. The Labute approximate surface area is 97.9 Å². The Bertz CT molecular complexity index is 275. The first-order valence-corrected chi connectivity index (χ1v) is 5.92. The van der Waals surface area contributed by atoms with Gasteiger partial charge in [-0.25, -0.2) is 0 Å². The number of rotatable bonds is 7. The van der Waals surface area contributed by atoms with E-state index in [4.69, 9.17) is 5.73 Å². The van der Waals surface area contributed by atoms with Crippen LogP contribution in [0.3, 0.4) is 0 Å². The lowest BCUT2D eigenvalue weighted by Crippen LogP contribution is -2.29. The van der Waals surface area contributed by atoms with Crippen LogP contribution in [0.2, 0.25) is 0 Å². The Morgan fingerprint density at radius 2 is 1.94 bits per heavy atom. The van der Waals surface area contributed by atoms with Gasteiger partial charge in [0.05, 0.1) is 6.10 Å². The van der Waals surface area contributed by atoms with Crippen LogP contribution in [0, 0.1) is 0 Å². The summed E-state index contributed by atoms with van der Waals surface area (Å²) in [5.41, 5.74) is 6.74. The molecule has 1 aromatic rings. The number of aliphatic hydroxyl groups is 1. The van der Waals surface area contributed by atoms with Crippen LogP contribution in [0.1, 0.15) is 19.8 Å². The van der Waals surface area contributed by atoms with Crippen LogP contribution in [0.15, 0.2) is 30.3 Å². The maximum atomic E-state index is 9.32. The number of aliphatic hydroxyl groups excluding tert-OH is 1. The molecule has 0 bridgehead atoms. The summed E-state index contributed by atoms with van der Waals surface area (Å²) in [6, 6.07) is 10.3. The van der Waals surface area contributed by atoms with Gasteiger partial charge in [0.15, 0.2) is 0 Å². The molecule has 3 nitrogen and oxygen atoms in total. The van der Waals surface area contributed by atoms with Gasteiger partial charge in [0, 0.05) is 18.8 Å². The van der Waals surface area contributed by atoms with Gasteiger partial charge in [-0.05, 0) is 38.4 Å². The summed E-state index contributed by atoms with van der Waals surface area (Å²) in [6.45, 7) is 4.36. The van der Waals surface area contributed by atoms with E-state index in [9.17, 15) is 5.11 Å². The normalized spacial score (nSPS) is 12.4. The Morgan fingerprint density at radius 1 is 1.25 bits per heavy atom. The second kappa shape index (κ2) is 7.25. The van der Waals surface area contributed by atoms with E-state index in [0.717, 1.165) is 25.9 Å². The van der Waals surface area contributed by atoms with E-state index in [0.29, 0.717) is 6.54 Å². The average molecular weight is 222 g/mol. The molecule has 0 saturated heterocycles. The molecule has 16 heavy (non-hydrogen) atoms. The predicted octanol–water partition coefficient (Wildman–Crippen LogP) is 1.61. The largest absolute Gasteiger partial charge is 0.393 e. The summed E-state index contributed by atoms with van der Waals surface area (Å²) in [5, 5.41) is 9.32. The fourth-order valence-electron chi connectivity index (χ4n) is 1.63. The zero-order chi connectivity index (χ0) is 11.8. The molecule has 0 saturated carbocycles. The predicted molar refractivity (Wildman–Crippen MR) is 68.6 cm³/mol. The van der Waals surface area contributed by atoms with E-state index in [1.807, 2.05) is 25.1 Å². The SMILES string of the molecule is CC(O)CCN(CCCN)c1ccccc1. The fraction of sp³-hybridized carbons (Fsp3) is 0.538. The van der Waals surface area contributed by atoms with Crippen molar-refractivity contribution in [2.45, 2.75) is 25.9 Å². The first-order valence-electron chi connectivity index (χ1n) is 5.92. The van der Waals surface area contributed by atoms with Gasteiger partial charge in [-0.2, -0.15) is 0 Å². The van der Waals surface area contributed by atoms with Gasteiger partial charge in [0.2, 0.25) is 0 Å². The maximum Gasteiger partial charge on any atom is 0.0528 e. The molecule has 0 spiro atoms. The van der Waals surface area contributed by atoms with Crippen LogP contribution in [0.25, 0.3) is 0 Å². The third-order valence-corrected chi connectivity index (χ3v) is 2.57. The van der Waals surface area contributed by atoms with E-state index in [1.54, 1.807) is 0 Å². The molecule has 0 heterocycles. The van der Waals surface area contributed by atoms with Gasteiger partial charge in [-0.3, -0.25) is 0 Å². The first-order chi connectivity index (χ1) is 7.74. The summed E-state index contributed by atoms with van der Waals surface area (Å²) in [4.78, 5) is 2.28. The first kappa shape index (κ1) is 13.0. The van der Waals surface area contributed by atoms with Crippen LogP contribution in [0.5, 0.6) is 0 Å². The molecule has 1 unspecified atom stereocenters. The highest BCUT2D eigenvalue weighted by Gasteiger charge is 2.06. The fourth-order valence-corrected chi connectivity index (χ4v) is 1.63. The van der Waals surface area contributed by atoms with E-state index < -0.39 is 0 Å². The molecule has 1 aromatic carbocycles. The van der Waals surface area contributed by atoms with E-state index in [2.05, 4.69) is 17.0 Å². The van der Waals surface area contributed by atoms with Gasteiger partial charge in [-0.15, -0.1) is 0 Å². The van der Waals surface area contributed by atoms with Crippen molar-refractivity contribution in [3.63, 3.8) is 0 Å². The third-order valence-electron chi connectivity index (χ3n) is 2.57. The number of hydrogen-bond acceptors (Lipinski definition) is 3. The molecule has 0 aliphatic carbocycles. The summed E-state index contributed by atoms with van der Waals surface area (Å²) in [6.07, 6.45) is 1.53.